The van der Waals surface area contributed by atoms with Crippen LogP contribution >= 0.6 is 0 Å². The quantitative estimate of drug-likeness (QED) is 0.739. The molecule has 0 atom stereocenters. The monoisotopic (exact) mass is 356 g/mol. The average Bonchev–Trinajstić information content (AvgIpc) is 2.89. The van der Waals surface area contributed by atoms with Crippen LogP contribution in [0.2, 0.25) is 0 Å². The lowest BCUT2D eigenvalue weighted by atomic mass is 10.1. The highest BCUT2D eigenvalue weighted by Gasteiger charge is 2.17. The Labute approximate surface area is 152 Å². The molecule has 8 heteroatoms. The van der Waals surface area contributed by atoms with E-state index in [1.54, 1.807) is 0 Å². The molecule has 2 heterocycles. The molecule has 1 aromatic heterocycles. The van der Waals surface area contributed by atoms with Crippen molar-refractivity contribution in [3.05, 3.63) is 29.6 Å². The molecule has 2 amide bonds. The first-order valence-electron chi connectivity index (χ1n) is 8.88. The van der Waals surface area contributed by atoms with Gasteiger partial charge in [0.2, 0.25) is 11.8 Å². The molecule has 0 fully saturated rings. The number of aromatic nitrogens is 3. The van der Waals surface area contributed by atoms with Gasteiger partial charge in [-0.25, -0.2) is 0 Å². The van der Waals surface area contributed by atoms with E-state index < -0.39 is 0 Å². The van der Waals surface area contributed by atoms with Crippen LogP contribution in [0.5, 0.6) is 0 Å². The van der Waals surface area contributed by atoms with Crippen molar-refractivity contribution in [2.45, 2.75) is 39.2 Å². The van der Waals surface area contributed by atoms with E-state index in [4.69, 9.17) is 5.73 Å². The van der Waals surface area contributed by atoms with Gasteiger partial charge >= 0.3 is 0 Å². The summed E-state index contributed by atoms with van der Waals surface area (Å²) < 4.78 is 2.17. The molecule has 3 rings (SSSR count). The summed E-state index contributed by atoms with van der Waals surface area (Å²) in [7, 11) is 0. The Kier molecular flexibility index (Phi) is 5.62. The number of carbonyl (C=O) groups is 2. The van der Waals surface area contributed by atoms with Gasteiger partial charge in [0.25, 0.3) is 0 Å². The molecule has 26 heavy (non-hydrogen) atoms. The highest BCUT2D eigenvalue weighted by Crippen LogP contribution is 2.26. The smallest absolute Gasteiger partial charge is 0.243 e. The highest BCUT2D eigenvalue weighted by atomic mass is 16.2. The maximum absolute atomic E-state index is 12.1. The Balaban J connectivity index is 1.79. The average molecular weight is 356 g/mol. The molecule has 2 aromatic rings. The van der Waals surface area contributed by atoms with Crippen LogP contribution in [0.3, 0.4) is 0 Å². The summed E-state index contributed by atoms with van der Waals surface area (Å²) >= 11 is 0. The number of nitrogens with zero attached hydrogens (tertiary/aromatic N) is 3. The summed E-state index contributed by atoms with van der Waals surface area (Å²) in [4.78, 5) is 23.2. The third-order valence-electron chi connectivity index (χ3n) is 4.51. The summed E-state index contributed by atoms with van der Waals surface area (Å²) in [6.07, 6.45) is 4.41. The van der Waals surface area contributed by atoms with Gasteiger partial charge in [0.15, 0.2) is 5.82 Å². The van der Waals surface area contributed by atoms with E-state index >= 15 is 0 Å². The molecule has 0 unspecified atom stereocenters. The summed E-state index contributed by atoms with van der Waals surface area (Å²) in [5, 5.41) is 14.0. The number of carbonyl (C=O) groups excluding carboxylic acids is 2. The molecule has 8 nitrogen and oxygen atoms in total. The molecule has 4 N–H and O–H groups in total. The van der Waals surface area contributed by atoms with Gasteiger partial charge in [-0.2, -0.15) is 0 Å². The highest BCUT2D eigenvalue weighted by molar-refractivity contribution is 5.95. The Morgan fingerprint density at radius 1 is 1.19 bits per heavy atom. The standard InChI is InChI=1S/C18H24N6O2/c1-12-6-7-13(9-14(12)21-17(26)11-20-16(25)10-19)18-23-22-15-5-3-2-4-8-24(15)18/h6-7,9H,2-5,8,10-11,19H2,1H3,(H,20,25)(H,21,26). The molecule has 0 saturated heterocycles. The van der Waals surface area contributed by atoms with Crippen LogP contribution in [0.25, 0.3) is 11.4 Å². The van der Waals surface area contributed by atoms with E-state index in [2.05, 4.69) is 25.4 Å². The van der Waals surface area contributed by atoms with Crippen LogP contribution in [0, 0.1) is 6.92 Å². The number of anilines is 1. The van der Waals surface area contributed by atoms with Gasteiger partial charge in [-0.15, -0.1) is 10.2 Å². The fourth-order valence-electron chi connectivity index (χ4n) is 3.04. The molecule has 0 bridgehead atoms. The maximum atomic E-state index is 12.1. The van der Waals surface area contributed by atoms with Crippen molar-refractivity contribution in [2.75, 3.05) is 18.4 Å². The largest absolute Gasteiger partial charge is 0.346 e. The van der Waals surface area contributed by atoms with Crippen molar-refractivity contribution in [2.24, 2.45) is 5.73 Å². The van der Waals surface area contributed by atoms with Gasteiger partial charge in [-0.05, 0) is 31.4 Å². The van der Waals surface area contributed by atoms with Crippen molar-refractivity contribution in [1.29, 1.82) is 0 Å². The van der Waals surface area contributed by atoms with Crippen LogP contribution < -0.4 is 16.4 Å². The van der Waals surface area contributed by atoms with Gasteiger partial charge in [0.1, 0.15) is 5.82 Å². The first-order chi connectivity index (χ1) is 12.6. The summed E-state index contributed by atoms with van der Waals surface area (Å²) in [5.41, 5.74) is 7.76. The number of aryl methyl sites for hydroxylation is 2. The number of hydrogen-bond acceptors (Lipinski definition) is 5. The first-order valence-corrected chi connectivity index (χ1v) is 8.88. The predicted octanol–water partition coefficient (Wildman–Crippen LogP) is 0.993. The number of nitrogens with two attached hydrogens (primary N) is 1. The fraction of sp³-hybridized carbons (Fsp3) is 0.444. The summed E-state index contributed by atoms with van der Waals surface area (Å²) in [6.45, 7) is 2.58. The minimum absolute atomic E-state index is 0.111. The third-order valence-corrected chi connectivity index (χ3v) is 4.51. The van der Waals surface area contributed by atoms with E-state index in [-0.39, 0.29) is 24.9 Å². The van der Waals surface area contributed by atoms with Gasteiger partial charge in [-0.3, -0.25) is 9.59 Å². The Morgan fingerprint density at radius 2 is 2.04 bits per heavy atom. The fourth-order valence-corrected chi connectivity index (χ4v) is 3.04. The van der Waals surface area contributed by atoms with Gasteiger partial charge < -0.3 is 20.9 Å². The van der Waals surface area contributed by atoms with E-state index in [1.807, 2.05) is 25.1 Å². The van der Waals surface area contributed by atoms with E-state index in [9.17, 15) is 9.59 Å². The van der Waals surface area contributed by atoms with Crippen LogP contribution in [-0.4, -0.2) is 39.7 Å². The van der Waals surface area contributed by atoms with Gasteiger partial charge in [-0.1, -0.05) is 18.6 Å². The van der Waals surface area contributed by atoms with Crippen LogP contribution in [-0.2, 0) is 22.6 Å². The third kappa shape index (κ3) is 4.08. The lowest BCUT2D eigenvalue weighted by Crippen LogP contribution is -2.36. The zero-order valence-corrected chi connectivity index (χ0v) is 14.9. The number of fused-ring (bicyclic) bond motifs is 1. The van der Waals surface area contributed by atoms with Crippen LogP contribution in [0.1, 0.15) is 30.7 Å². The van der Waals surface area contributed by atoms with E-state index in [0.717, 1.165) is 48.6 Å². The van der Waals surface area contributed by atoms with Gasteiger partial charge in [0, 0.05) is 24.2 Å². The Morgan fingerprint density at radius 3 is 2.85 bits per heavy atom. The molecule has 0 radical (unpaired) electrons. The second kappa shape index (κ2) is 8.09. The lowest BCUT2D eigenvalue weighted by molar-refractivity contribution is -0.123. The molecule has 0 aliphatic carbocycles. The number of benzene rings is 1. The molecule has 0 spiro atoms. The van der Waals surface area contributed by atoms with Crippen molar-refractivity contribution in [3.8, 4) is 11.4 Å². The van der Waals surface area contributed by atoms with Gasteiger partial charge in [0.05, 0.1) is 13.1 Å². The topological polar surface area (TPSA) is 115 Å². The zero-order valence-electron chi connectivity index (χ0n) is 14.9. The molecule has 1 aliphatic heterocycles. The molecular weight excluding hydrogens is 332 g/mol. The SMILES string of the molecule is Cc1ccc(-c2nnc3n2CCCCC3)cc1NC(=O)CNC(=O)CN. The second-order valence-corrected chi connectivity index (χ2v) is 6.46. The number of rotatable bonds is 5. The normalized spacial score (nSPS) is 13.6. The van der Waals surface area contributed by atoms with Crippen molar-refractivity contribution < 1.29 is 9.59 Å². The minimum Gasteiger partial charge on any atom is -0.346 e. The molecule has 1 aliphatic rings. The summed E-state index contributed by atoms with van der Waals surface area (Å²) in [6, 6.07) is 5.84. The number of hydrogen-bond donors (Lipinski definition) is 3. The molecule has 138 valence electrons. The van der Waals surface area contributed by atoms with E-state index in [0.29, 0.717) is 5.69 Å². The summed E-state index contributed by atoms with van der Waals surface area (Å²) in [5.74, 6) is 1.19. The number of nitrogens with one attached hydrogen (secondary N) is 2. The van der Waals surface area contributed by atoms with Crippen molar-refractivity contribution in [1.82, 2.24) is 20.1 Å². The lowest BCUT2D eigenvalue weighted by Gasteiger charge is -2.12. The Hall–Kier alpha value is -2.74. The maximum Gasteiger partial charge on any atom is 0.243 e. The zero-order chi connectivity index (χ0) is 18.5. The number of amides is 2. The second-order valence-electron chi connectivity index (χ2n) is 6.46. The van der Waals surface area contributed by atoms with Crippen LogP contribution in [0.15, 0.2) is 18.2 Å². The van der Waals surface area contributed by atoms with E-state index in [1.165, 1.54) is 6.42 Å². The van der Waals surface area contributed by atoms with Crippen molar-refractivity contribution >= 4 is 17.5 Å². The molecule has 1 aromatic carbocycles. The minimum atomic E-state index is -0.364. The molecular formula is C18H24N6O2. The Bertz CT molecular complexity index is 814. The van der Waals surface area contributed by atoms with Crippen molar-refractivity contribution in [3.63, 3.8) is 0 Å². The molecule has 0 saturated carbocycles. The first kappa shape index (κ1) is 18.1. The predicted molar refractivity (Wildman–Crippen MR) is 98.4 cm³/mol. The van der Waals surface area contributed by atoms with Crippen LogP contribution in [0.4, 0.5) is 5.69 Å².